The lowest BCUT2D eigenvalue weighted by Crippen LogP contribution is -1.96. The molecule has 1 heterocycles. The van der Waals surface area contributed by atoms with Crippen molar-refractivity contribution >= 4 is 21.6 Å². The van der Waals surface area contributed by atoms with Crippen molar-refractivity contribution in [1.29, 1.82) is 0 Å². The molecule has 112 valence electrons. The molecule has 0 bridgehead atoms. The summed E-state index contributed by atoms with van der Waals surface area (Å²) in [5.41, 5.74) is 2.20. The largest absolute Gasteiger partial charge is 0.494 e. The predicted molar refractivity (Wildman–Crippen MR) is 94.6 cm³/mol. The Bertz CT molecular complexity index is 712. The summed E-state index contributed by atoms with van der Waals surface area (Å²) >= 11 is 1.72. The van der Waals surface area contributed by atoms with Crippen LogP contribution in [0.25, 0.3) is 20.8 Å². The predicted octanol–water partition coefficient (Wildman–Crippen LogP) is 5.70. The molecule has 0 aliphatic rings. The number of rotatable bonds is 7. The SMILES string of the molecule is C=CCCCCOc1ccc(-c2nc3ccccc3s2)cc1. The molecule has 0 saturated heterocycles. The maximum atomic E-state index is 5.75. The molecule has 0 aliphatic heterocycles. The van der Waals surface area contributed by atoms with Gasteiger partial charge >= 0.3 is 0 Å². The van der Waals surface area contributed by atoms with Gasteiger partial charge in [-0.1, -0.05) is 18.2 Å². The first kappa shape index (κ1) is 14.8. The minimum Gasteiger partial charge on any atom is -0.494 e. The van der Waals surface area contributed by atoms with Crippen LogP contribution in [0.4, 0.5) is 0 Å². The highest BCUT2D eigenvalue weighted by Crippen LogP contribution is 2.30. The van der Waals surface area contributed by atoms with Crippen LogP contribution in [0.3, 0.4) is 0 Å². The van der Waals surface area contributed by atoms with E-state index in [1.165, 1.54) is 4.70 Å². The molecule has 2 nitrogen and oxygen atoms in total. The summed E-state index contributed by atoms with van der Waals surface area (Å²) in [5, 5.41) is 1.05. The Morgan fingerprint density at radius 2 is 1.86 bits per heavy atom. The lowest BCUT2D eigenvalue weighted by Gasteiger charge is -2.06. The summed E-state index contributed by atoms with van der Waals surface area (Å²) in [6.45, 7) is 4.48. The Morgan fingerprint density at radius 1 is 1.05 bits per heavy atom. The summed E-state index contributed by atoms with van der Waals surface area (Å²) in [6, 6.07) is 16.4. The van der Waals surface area contributed by atoms with Crippen molar-refractivity contribution in [1.82, 2.24) is 4.98 Å². The van der Waals surface area contributed by atoms with Gasteiger partial charge in [0.15, 0.2) is 0 Å². The molecular weight excluding hydrogens is 290 g/mol. The van der Waals surface area contributed by atoms with Crippen LogP contribution in [0.2, 0.25) is 0 Å². The Kier molecular flexibility index (Phi) is 4.86. The molecule has 0 N–H and O–H groups in total. The van der Waals surface area contributed by atoms with E-state index in [0.717, 1.165) is 47.7 Å². The molecule has 0 saturated carbocycles. The van der Waals surface area contributed by atoms with Crippen molar-refractivity contribution in [3.05, 3.63) is 61.2 Å². The zero-order chi connectivity index (χ0) is 15.2. The number of benzene rings is 2. The maximum absolute atomic E-state index is 5.75. The molecule has 0 radical (unpaired) electrons. The fraction of sp³-hybridized carbons (Fsp3) is 0.211. The standard InChI is InChI=1S/C19H19NOS/c1-2-3-4-7-14-21-16-12-10-15(11-13-16)19-20-17-8-5-6-9-18(17)22-19/h2,5-6,8-13H,1,3-4,7,14H2. The summed E-state index contributed by atoms with van der Waals surface area (Å²) in [4.78, 5) is 4.68. The summed E-state index contributed by atoms with van der Waals surface area (Å²) < 4.78 is 6.97. The minimum absolute atomic E-state index is 0.758. The summed E-state index contributed by atoms with van der Waals surface area (Å²) in [6.07, 6.45) is 5.20. The number of fused-ring (bicyclic) bond motifs is 1. The molecule has 0 unspecified atom stereocenters. The molecule has 3 rings (SSSR count). The average Bonchev–Trinajstić information content (AvgIpc) is 2.99. The number of unbranched alkanes of at least 4 members (excludes halogenated alkanes) is 2. The molecule has 2 aromatic carbocycles. The molecule has 0 aliphatic carbocycles. The minimum atomic E-state index is 0.758. The van der Waals surface area contributed by atoms with Gasteiger partial charge in [-0.25, -0.2) is 4.98 Å². The molecule has 0 spiro atoms. The van der Waals surface area contributed by atoms with Gasteiger partial charge in [-0.2, -0.15) is 0 Å². The third-order valence-electron chi connectivity index (χ3n) is 3.47. The van der Waals surface area contributed by atoms with Gasteiger partial charge in [-0.15, -0.1) is 17.9 Å². The van der Waals surface area contributed by atoms with Crippen LogP contribution in [0.1, 0.15) is 19.3 Å². The van der Waals surface area contributed by atoms with E-state index in [1.54, 1.807) is 11.3 Å². The second kappa shape index (κ2) is 7.23. The average molecular weight is 309 g/mol. The lowest BCUT2D eigenvalue weighted by molar-refractivity contribution is 0.307. The van der Waals surface area contributed by atoms with Gasteiger partial charge in [0.2, 0.25) is 0 Å². The Balaban J connectivity index is 1.64. The van der Waals surface area contributed by atoms with Gasteiger partial charge in [0, 0.05) is 5.56 Å². The van der Waals surface area contributed by atoms with E-state index in [2.05, 4.69) is 35.8 Å². The van der Waals surface area contributed by atoms with Gasteiger partial charge in [0.05, 0.1) is 16.8 Å². The van der Waals surface area contributed by atoms with Crippen LogP contribution < -0.4 is 4.74 Å². The Morgan fingerprint density at radius 3 is 2.64 bits per heavy atom. The van der Waals surface area contributed by atoms with E-state index >= 15 is 0 Å². The van der Waals surface area contributed by atoms with E-state index in [1.807, 2.05) is 30.3 Å². The molecule has 1 aromatic heterocycles. The monoisotopic (exact) mass is 309 g/mol. The fourth-order valence-electron chi connectivity index (χ4n) is 2.27. The lowest BCUT2D eigenvalue weighted by atomic mass is 10.2. The van der Waals surface area contributed by atoms with E-state index in [9.17, 15) is 0 Å². The number of allylic oxidation sites excluding steroid dienone is 1. The Labute approximate surface area is 135 Å². The maximum Gasteiger partial charge on any atom is 0.124 e. The van der Waals surface area contributed by atoms with Crippen molar-refractivity contribution in [3.8, 4) is 16.3 Å². The molecular formula is C19H19NOS. The first-order valence-electron chi connectivity index (χ1n) is 7.56. The van der Waals surface area contributed by atoms with Crippen LogP contribution in [-0.4, -0.2) is 11.6 Å². The number of nitrogens with zero attached hydrogens (tertiary/aromatic N) is 1. The third-order valence-corrected chi connectivity index (χ3v) is 4.55. The first-order chi connectivity index (χ1) is 10.9. The number of aromatic nitrogens is 1. The van der Waals surface area contributed by atoms with Crippen molar-refractivity contribution < 1.29 is 4.74 Å². The summed E-state index contributed by atoms with van der Waals surface area (Å²) in [7, 11) is 0. The van der Waals surface area contributed by atoms with Crippen LogP contribution >= 0.6 is 11.3 Å². The highest BCUT2D eigenvalue weighted by atomic mass is 32.1. The second-order valence-electron chi connectivity index (χ2n) is 5.14. The van der Waals surface area contributed by atoms with E-state index in [4.69, 9.17) is 4.74 Å². The van der Waals surface area contributed by atoms with Crippen molar-refractivity contribution in [2.24, 2.45) is 0 Å². The molecule has 0 fully saturated rings. The van der Waals surface area contributed by atoms with Crippen LogP contribution in [-0.2, 0) is 0 Å². The topological polar surface area (TPSA) is 22.1 Å². The number of para-hydroxylation sites is 1. The van der Waals surface area contributed by atoms with Gasteiger partial charge in [0.1, 0.15) is 10.8 Å². The smallest absolute Gasteiger partial charge is 0.124 e. The summed E-state index contributed by atoms with van der Waals surface area (Å²) in [5.74, 6) is 0.920. The van der Waals surface area contributed by atoms with Crippen molar-refractivity contribution in [2.75, 3.05) is 6.61 Å². The second-order valence-corrected chi connectivity index (χ2v) is 6.17. The zero-order valence-electron chi connectivity index (χ0n) is 12.5. The number of ether oxygens (including phenoxy) is 1. The third kappa shape index (κ3) is 3.55. The quantitative estimate of drug-likeness (QED) is 0.412. The fourth-order valence-corrected chi connectivity index (χ4v) is 3.24. The molecule has 0 atom stereocenters. The number of thiazole rings is 1. The van der Waals surface area contributed by atoms with Gasteiger partial charge in [-0.3, -0.25) is 0 Å². The van der Waals surface area contributed by atoms with Crippen molar-refractivity contribution in [3.63, 3.8) is 0 Å². The molecule has 22 heavy (non-hydrogen) atoms. The van der Waals surface area contributed by atoms with E-state index in [-0.39, 0.29) is 0 Å². The van der Waals surface area contributed by atoms with Gasteiger partial charge < -0.3 is 4.74 Å². The number of hydrogen-bond acceptors (Lipinski definition) is 3. The molecule has 3 aromatic rings. The zero-order valence-corrected chi connectivity index (χ0v) is 13.3. The Hall–Kier alpha value is -2.13. The van der Waals surface area contributed by atoms with Gasteiger partial charge in [-0.05, 0) is 55.7 Å². The highest BCUT2D eigenvalue weighted by molar-refractivity contribution is 7.21. The van der Waals surface area contributed by atoms with Crippen LogP contribution in [0.15, 0.2) is 61.2 Å². The molecule has 0 amide bonds. The highest BCUT2D eigenvalue weighted by Gasteiger charge is 2.05. The van der Waals surface area contributed by atoms with E-state index in [0.29, 0.717) is 0 Å². The van der Waals surface area contributed by atoms with E-state index < -0.39 is 0 Å². The normalized spacial score (nSPS) is 10.7. The molecule has 3 heteroatoms. The van der Waals surface area contributed by atoms with Crippen LogP contribution in [0, 0.1) is 0 Å². The number of hydrogen-bond donors (Lipinski definition) is 0. The van der Waals surface area contributed by atoms with Crippen molar-refractivity contribution in [2.45, 2.75) is 19.3 Å². The van der Waals surface area contributed by atoms with Gasteiger partial charge in [0.25, 0.3) is 0 Å². The first-order valence-corrected chi connectivity index (χ1v) is 8.38. The van der Waals surface area contributed by atoms with Crippen LogP contribution in [0.5, 0.6) is 5.75 Å².